The molecule has 0 saturated heterocycles. The summed E-state index contributed by atoms with van der Waals surface area (Å²) in [7, 11) is 0. The molecular weight excluding hydrogens is 434 g/mol. The van der Waals surface area contributed by atoms with Crippen molar-refractivity contribution in [2.75, 3.05) is 6.16 Å². The molecule has 0 nitrogen and oxygen atoms in total. The van der Waals surface area contributed by atoms with Gasteiger partial charge in [0.2, 0.25) is 0 Å². The second-order valence-corrected chi connectivity index (χ2v) is 17.8. The summed E-state index contributed by atoms with van der Waals surface area (Å²) < 4.78 is -2.53. The number of hydrogen-bond donors (Lipinski definition) is 0. The Bertz CT molecular complexity index is 698. The predicted molar refractivity (Wildman–Crippen MR) is 123 cm³/mol. The van der Waals surface area contributed by atoms with Crippen LogP contribution in [0.4, 0.5) is 0 Å². The van der Waals surface area contributed by atoms with Gasteiger partial charge in [0.25, 0.3) is 0 Å². The summed E-state index contributed by atoms with van der Waals surface area (Å²) in [6.45, 7) is 4.66. The zero-order valence-corrected chi connectivity index (χ0v) is 18.0. The van der Waals surface area contributed by atoms with Crippen LogP contribution in [0.2, 0.25) is 0 Å². The van der Waals surface area contributed by atoms with E-state index in [1.54, 1.807) is 0 Å². The van der Waals surface area contributed by atoms with E-state index in [-0.39, 0.29) is 0 Å². The van der Waals surface area contributed by atoms with Gasteiger partial charge in [-0.1, -0.05) is 0 Å². The Morgan fingerprint density at radius 2 is 0.960 bits per heavy atom. The topological polar surface area (TPSA) is 0 Å². The predicted octanol–water partition coefficient (Wildman–Crippen LogP) is 5.91. The first kappa shape index (κ1) is 18.6. The van der Waals surface area contributed by atoms with Gasteiger partial charge in [-0.15, -0.1) is 0 Å². The molecule has 25 heavy (non-hydrogen) atoms. The third-order valence-electron chi connectivity index (χ3n) is 5.01. The van der Waals surface area contributed by atoms with Crippen molar-refractivity contribution in [2.24, 2.45) is 5.92 Å². The Morgan fingerprint density at radius 1 is 0.640 bits per heavy atom. The molecule has 0 fully saturated rings. The second-order valence-electron chi connectivity index (χ2n) is 7.10. The van der Waals surface area contributed by atoms with Gasteiger partial charge in [-0.05, 0) is 0 Å². The number of rotatable bonds is 6. The van der Waals surface area contributed by atoms with Crippen LogP contribution >= 0.6 is 26.3 Å². The summed E-state index contributed by atoms with van der Waals surface area (Å²) >= 11 is 2.87. The molecule has 0 amide bonds. The van der Waals surface area contributed by atoms with E-state index < -0.39 is 4.25 Å². The molecule has 0 aliphatic rings. The Morgan fingerprint density at radius 3 is 1.24 bits per heavy atom. The monoisotopic (exact) mass is 460 g/mol. The summed E-state index contributed by atoms with van der Waals surface area (Å²) in [6, 6.07) is 33.5. The first-order valence-electron chi connectivity index (χ1n) is 8.95. The minimum absolute atomic E-state index is 0.687. The Balaban J connectivity index is 2.36. The van der Waals surface area contributed by atoms with Gasteiger partial charge in [-0.3, -0.25) is 0 Å². The first-order valence-corrected chi connectivity index (χ1v) is 14.2. The van der Waals surface area contributed by atoms with Crippen molar-refractivity contribution < 1.29 is 0 Å². The van der Waals surface area contributed by atoms with Crippen LogP contribution in [0.3, 0.4) is 0 Å². The molecular formula is C23H26IP. The quantitative estimate of drug-likeness (QED) is 0.317. The van der Waals surface area contributed by atoms with Crippen molar-refractivity contribution in [3.63, 3.8) is 0 Å². The third-order valence-corrected chi connectivity index (χ3v) is 16.7. The van der Waals surface area contributed by atoms with Gasteiger partial charge in [0, 0.05) is 0 Å². The zero-order chi connectivity index (χ0) is 17.8. The molecule has 0 atom stereocenters. The molecule has 0 unspecified atom stereocenters. The maximum atomic E-state index is 2.87. The van der Waals surface area contributed by atoms with Crippen LogP contribution in [0.15, 0.2) is 91.0 Å². The van der Waals surface area contributed by atoms with E-state index in [4.69, 9.17) is 0 Å². The molecule has 0 heterocycles. The van der Waals surface area contributed by atoms with E-state index in [0.717, 1.165) is 0 Å². The van der Waals surface area contributed by atoms with Crippen LogP contribution < -0.4 is 15.9 Å². The van der Waals surface area contributed by atoms with Crippen molar-refractivity contribution in [1.29, 1.82) is 0 Å². The molecule has 0 aliphatic carbocycles. The van der Waals surface area contributed by atoms with Crippen molar-refractivity contribution in [1.82, 2.24) is 0 Å². The molecule has 0 bridgehead atoms. The maximum absolute atomic E-state index is 2.87. The summed E-state index contributed by atoms with van der Waals surface area (Å²) in [6.07, 6.45) is 2.42. The summed E-state index contributed by atoms with van der Waals surface area (Å²) in [5.41, 5.74) is 0. The normalized spacial score (nSPS) is 13.4. The molecule has 0 saturated carbocycles. The van der Waals surface area contributed by atoms with E-state index in [1.807, 2.05) is 0 Å². The molecule has 2 heteroatoms. The van der Waals surface area contributed by atoms with E-state index in [9.17, 15) is 0 Å². The minimum atomic E-state index is -2.53. The zero-order valence-electron chi connectivity index (χ0n) is 15.0. The molecule has 3 aromatic rings. The summed E-state index contributed by atoms with van der Waals surface area (Å²) in [4.78, 5) is 0. The van der Waals surface area contributed by atoms with Gasteiger partial charge in [-0.25, -0.2) is 0 Å². The van der Waals surface area contributed by atoms with Crippen LogP contribution in [0.25, 0.3) is 0 Å². The number of halogens is 1. The standard InChI is InChI=1S/C23H26IP/c1-20(2)18-19-25(24,21-12-6-3-7-13-21,22-14-8-4-9-15-22)23-16-10-5-11-17-23/h3-17,20H,18-19H2,1-2H3. The first-order chi connectivity index (χ1) is 12.1. The van der Waals surface area contributed by atoms with Gasteiger partial charge < -0.3 is 0 Å². The number of benzene rings is 3. The summed E-state index contributed by atoms with van der Waals surface area (Å²) in [5.74, 6) is 0.687. The molecule has 3 rings (SSSR count). The molecule has 0 aliphatic heterocycles. The van der Waals surface area contributed by atoms with Crippen molar-refractivity contribution in [3.8, 4) is 0 Å². The number of hydrogen-bond acceptors (Lipinski definition) is 0. The second kappa shape index (κ2) is 7.60. The van der Waals surface area contributed by atoms with Crippen LogP contribution in [0.1, 0.15) is 20.3 Å². The third kappa shape index (κ3) is 3.41. The van der Waals surface area contributed by atoms with Gasteiger partial charge in [-0.2, -0.15) is 0 Å². The van der Waals surface area contributed by atoms with Crippen molar-refractivity contribution in [2.45, 2.75) is 20.3 Å². The Labute approximate surface area is 165 Å². The van der Waals surface area contributed by atoms with E-state index in [1.165, 1.54) is 28.5 Å². The molecule has 3 aromatic carbocycles. The summed E-state index contributed by atoms with van der Waals surface area (Å²) in [5, 5.41) is 4.44. The fraction of sp³-hybridized carbons (Fsp3) is 0.217. The van der Waals surface area contributed by atoms with Crippen LogP contribution in [-0.4, -0.2) is 6.16 Å². The average Bonchev–Trinajstić information content (AvgIpc) is 2.68. The molecule has 0 aromatic heterocycles. The van der Waals surface area contributed by atoms with Crippen LogP contribution in [0, 0.1) is 5.92 Å². The Kier molecular flexibility index (Phi) is 5.65. The molecule has 0 N–H and O–H groups in total. The Hall–Kier alpha value is -1.18. The van der Waals surface area contributed by atoms with Gasteiger partial charge >= 0.3 is 166 Å². The molecule has 130 valence electrons. The molecule has 0 spiro atoms. The van der Waals surface area contributed by atoms with Crippen molar-refractivity contribution in [3.05, 3.63) is 91.0 Å². The molecule has 0 radical (unpaired) electrons. The van der Waals surface area contributed by atoms with E-state index in [0.29, 0.717) is 5.92 Å². The fourth-order valence-electron chi connectivity index (χ4n) is 3.55. The fourth-order valence-corrected chi connectivity index (χ4v) is 12.3. The average molecular weight is 460 g/mol. The van der Waals surface area contributed by atoms with Gasteiger partial charge in [0.1, 0.15) is 0 Å². The van der Waals surface area contributed by atoms with E-state index in [2.05, 4.69) is 127 Å². The van der Waals surface area contributed by atoms with Crippen LogP contribution in [0.5, 0.6) is 0 Å². The van der Waals surface area contributed by atoms with Gasteiger partial charge in [0.15, 0.2) is 0 Å². The SMILES string of the molecule is CC(C)CCP(I)(c1ccccc1)(c1ccccc1)c1ccccc1. The van der Waals surface area contributed by atoms with Crippen molar-refractivity contribution >= 4 is 42.2 Å². The van der Waals surface area contributed by atoms with Gasteiger partial charge in [0.05, 0.1) is 0 Å². The van der Waals surface area contributed by atoms with E-state index >= 15 is 0 Å². The van der Waals surface area contributed by atoms with Crippen LogP contribution in [-0.2, 0) is 0 Å².